The summed E-state index contributed by atoms with van der Waals surface area (Å²) in [5.41, 5.74) is 3.61. The van der Waals surface area contributed by atoms with Crippen LogP contribution in [0.1, 0.15) is 39.0 Å². The Labute approximate surface area is 271 Å². The molecule has 5 rings (SSSR count). The molecule has 13 heteroatoms. The third-order valence-electron chi connectivity index (χ3n) is 8.12. The van der Waals surface area contributed by atoms with Gasteiger partial charge in [-0.3, -0.25) is 28.9 Å². The van der Waals surface area contributed by atoms with Crippen LogP contribution in [0.15, 0.2) is 66.7 Å². The van der Waals surface area contributed by atoms with E-state index in [1.807, 2.05) is 30.3 Å². The van der Waals surface area contributed by atoms with Crippen molar-refractivity contribution < 1.29 is 43.7 Å². The highest BCUT2D eigenvalue weighted by molar-refractivity contribution is 6.11. The van der Waals surface area contributed by atoms with Gasteiger partial charge in [-0.2, -0.15) is 0 Å². The van der Waals surface area contributed by atoms with Crippen molar-refractivity contribution in [3.63, 3.8) is 0 Å². The number of aryl methyl sites for hydroxylation is 2. The van der Waals surface area contributed by atoms with Gasteiger partial charge in [0.25, 0.3) is 17.7 Å². The topological polar surface area (TPSA) is 175 Å². The van der Waals surface area contributed by atoms with E-state index in [2.05, 4.69) is 10.6 Å². The summed E-state index contributed by atoms with van der Waals surface area (Å²) in [6.45, 7) is 1.76. The molecule has 246 valence electrons. The minimum atomic E-state index is -1.31. The maximum atomic E-state index is 14.1. The van der Waals surface area contributed by atoms with Crippen molar-refractivity contribution in [3.8, 4) is 0 Å². The zero-order valence-corrected chi connectivity index (χ0v) is 26.0. The van der Waals surface area contributed by atoms with E-state index in [1.54, 1.807) is 50.2 Å². The van der Waals surface area contributed by atoms with Gasteiger partial charge in [-0.05, 0) is 60.4 Å². The van der Waals surface area contributed by atoms with E-state index in [0.717, 1.165) is 10.5 Å². The average molecular weight is 645 g/mol. The lowest BCUT2D eigenvalue weighted by molar-refractivity contribution is -0.168. The summed E-state index contributed by atoms with van der Waals surface area (Å²) in [5.74, 6) is -3.18. The first-order chi connectivity index (χ1) is 22.6. The predicted octanol–water partition coefficient (Wildman–Crippen LogP) is 1.24. The summed E-state index contributed by atoms with van der Waals surface area (Å²) < 4.78 is 11.1. The summed E-state index contributed by atoms with van der Waals surface area (Å²) in [4.78, 5) is 68.4. The van der Waals surface area contributed by atoms with Gasteiger partial charge in [0.15, 0.2) is 0 Å². The molecule has 2 aliphatic rings. The lowest BCUT2D eigenvalue weighted by Crippen LogP contribution is -2.55. The molecule has 3 aromatic carbocycles. The Morgan fingerprint density at radius 1 is 0.936 bits per heavy atom. The molecule has 1 unspecified atom stereocenters. The minimum absolute atomic E-state index is 0.138. The highest BCUT2D eigenvalue weighted by Gasteiger charge is 2.40. The van der Waals surface area contributed by atoms with Gasteiger partial charge in [0.1, 0.15) is 25.2 Å². The third kappa shape index (κ3) is 7.49. The molecule has 0 spiro atoms. The Kier molecular flexibility index (Phi) is 10.3. The number of hydrogen-bond donors (Lipinski definition) is 4. The molecule has 3 aromatic rings. The SMILES string of the molecule is Cc1cc(C(=O)N[C@H]2CN(C(=O)CO)c3ccccc3N(CC(=O)N[C@H]3CC(=O)OC3OCc3ccccc3)C2=O)cc(C)c1CO. The van der Waals surface area contributed by atoms with Crippen molar-refractivity contribution in [2.75, 3.05) is 29.5 Å². The number of carbonyl (C=O) groups is 5. The lowest BCUT2D eigenvalue weighted by Gasteiger charge is -2.26. The number of ether oxygens (including phenoxy) is 2. The molecule has 4 N–H and O–H groups in total. The van der Waals surface area contributed by atoms with Crippen molar-refractivity contribution in [1.29, 1.82) is 0 Å². The number of esters is 1. The van der Waals surface area contributed by atoms with Gasteiger partial charge in [-0.1, -0.05) is 42.5 Å². The number of benzene rings is 3. The molecule has 47 heavy (non-hydrogen) atoms. The number of fused-ring (bicyclic) bond motifs is 1. The van der Waals surface area contributed by atoms with Gasteiger partial charge in [-0.15, -0.1) is 0 Å². The molecule has 0 aliphatic carbocycles. The van der Waals surface area contributed by atoms with E-state index in [1.165, 1.54) is 4.90 Å². The molecule has 0 aromatic heterocycles. The Bertz CT molecular complexity index is 1660. The highest BCUT2D eigenvalue weighted by Crippen LogP contribution is 2.33. The fourth-order valence-electron chi connectivity index (χ4n) is 5.75. The standard InChI is InChI=1S/C34H36N4O9/c1-20-12-23(13-21(2)24(20)17-39)32(44)36-26-15-37(30(42)18-40)27-10-6-7-11-28(27)38(33(26)45)16-29(41)35-25-14-31(43)47-34(25)46-19-22-8-4-3-5-9-22/h3-13,25-26,34,39-40H,14-19H2,1-2H3,(H,35,41)(H,36,44)/t25-,26-,34?/m0/s1. The van der Waals surface area contributed by atoms with E-state index in [4.69, 9.17) is 9.47 Å². The van der Waals surface area contributed by atoms with Crippen LogP contribution in [0.4, 0.5) is 11.4 Å². The number of aliphatic hydroxyl groups is 2. The summed E-state index contributed by atoms with van der Waals surface area (Å²) in [6, 6.07) is 16.7. The van der Waals surface area contributed by atoms with Crippen molar-refractivity contribution in [1.82, 2.24) is 10.6 Å². The second kappa shape index (κ2) is 14.5. The fourth-order valence-corrected chi connectivity index (χ4v) is 5.75. The van der Waals surface area contributed by atoms with Crippen LogP contribution in [0.2, 0.25) is 0 Å². The number of anilines is 2. The largest absolute Gasteiger partial charge is 0.433 e. The Hall–Kier alpha value is -5.11. The first-order valence-corrected chi connectivity index (χ1v) is 15.1. The number of nitrogens with one attached hydrogen (secondary N) is 2. The van der Waals surface area contributed by atoms with Crippen molar-refractivity contribution >= 4 is 41.0 Å². The molecular weight excluding hydrogens is 608 g/mol. The average Bonchev–Trinajstić information content (AvgIpc) is 3.36. The predicted molar refractivity (Wildman–Crippen MR) is 169 cm³/mol. The molecule has 1 saturated heterocycles. The molecule has 0 bridgehead atoms. The monoisotopic (exact) mass is 644 g/mol. The van der Waals surface area contributed by atoms with Gasteiger partial charge in [0.2, 0.25) is 12.2 Å². The van der Waals surface area contributed by atoms with Crippen molar-refractivity contribution in [3.05, 3.63) is 94.5 Å². The molecule has 3 atom stereocenters. The Morgan fingerprint density at radius 2 is 1.60 bits per heavy atom. The van der Waals surface area contributed by atoms with Crippen LogP contribution in [-0.4, -0.2) is 77.9 Å². The summed E-state index contributed by atoms with van der Waals surface area (Å²) in [6.07, 6.45) is -1.19. The molecular formula is C34H36N4O9. The quantitative estimate of drug-likeness (QED) is 0.237. The summed E-state index contributed by atoms with van der Waals surface area (Å²) in [5, 5.41) is 24.8. The zero-order chi connectivity index (χ0) is 33.7. The van der Waals surface area contributed by atoms with E-state index in [0.29, 0.717) is 16.7 Å². The van der Waals surface area contributed by atoms with Crippen LogP contribution < -0.4 is 20.4 Å². The molecule has 0 saturated carbocycles. The van der Waals surface area contributed by atoms with Crippen LogP contribution in [0.25, 0.3) is 0 Å². The van der Waals surface area contributed by atoms with E-state index in [9.17, 15) is 34.2 Å². The van der Waals surface area contributed by atoms with Crippen LogP contribution in [0, 0.1) is 13.8 Å². The first-order valence-electron chi connectivity index (χ1n) is 15.1. The molecule has 2 heterocycles. The second-order valence-corrected chi connectivity index (χ2v) is 11.4. The Morgan fingerprint density at radius 3 is 2.26 bits per heavy atom. The Balaban J connectivity index is 1.38. The number of amides is 4. The van der Waals surface area contributed by atoms with Crippen LogP contribution in [-0.2, 0) is 41.9 Å². The van der Waals surface area contributed by atoms with Gasteiger partial charge < -0.3 is 35.2 Å². The zero-order valence-electron chi connectivity index (χ0n) is 26.0. The molecule has 1 fully saturated rings. The number of rotatable bonds is 10. The van der Waals surface area contributed by atoms with Gasteiger partial charge in [0.05, 0.1) is 37.6 Å². The summed E-state index contributed by atoms with van der Waals surface area (Å²) in [7, 11) is 0. The van der Waals surface area contributed by atoms with E-state index in [-0.39, 0.29) is 43.1 Å². The van der Waals surface area contributed by atoms with Gasteiger partial charge >= 0.3 is 5.97 Å². The van der Waals surface area contributed by atoms with Gasteiger partial charge in [-0.25, -0.2) is 0 Å². The smallest absolute Gasteiger partial charge is 0.310 e. The number of carbonyl (C=O) groups excluding carboxylic acids is 5. The fraction of sp³-hybridized carbons (Fsp3) is 0.324. The normalized spacial score (nSPS) is 19.1. The van der Waals surface area contributed by atoms with Crippen molar-refractivity contribution in [2.45, 2.75) is 51.9 Å². The van der Waals surface area contributed by atoms with Gasteiger partial charge in [0, 0.05) is 5.56 Å². The maximum absolute atomic E-state index is 14.1. The van der Waals surface area contributed by atoms with E-state index >= 15 is 0 Å². The van der Waals surface area contributed by atoms with Crippen LogP contribution >= 0.6 is 0 Å². The molecule has 2 aliphatic heterocycles. The first kappa shape index (κ1) is 33.3. The number of para-hydroxylation sites is 2. The molecule has 13 nitrogen and oxygen atoms in total. The van der Waals surface area contributed by atoms with E-state index < -0.39 is 61.1 Å². The second-order valence-electron chi connectivity index (χ2n) is 11.4. The summed E-state index contributed by atoms with van der Waals surface area (Å²) >= 11 is 0. The van der Waals surface area contributed by atoms with Crippen LogP contribution in [0.3, 0.4) is 0 Å². The lowest BCUT2D eigenvalue weighted by atomic mass is 9.99. The number of cyclic esters (lactones) is 1. The molecule has 0 radical (unpaired) electrons. The minimum Gasteiger partial charge on any atom is -0.433 e. The third-order valence-corrected chi connectivity index (χ3v) is 8.12. The number of hydrogen-bond acceptors (Lipinski definition) is 9. The highest BCUT2D eigenvalue weighted by atomic mass is 16.7. The molecule has 4 amide bonds. The maximum Gasteiger partial charge on any atom is 0.310 e. The number of aliphatic hydroxyl groups excluding tert-OH is 2. The number of nitrogens with zero attached hydrogens (tertiary/aromatic N) is 2. The van der Waals surface area contributed by atoms with Crippen LogP contribution in [0.5, 0.6) is 0 Å². The van der Waals surface area contributed by atoms with Crippen molar-refractivity contribution in [2.24, 2.45) is 0 Å².